The van der Waals surface area contributed by atoms with Crippen LogP contribution in [0, 0.1) is 0 Å². The van der Waals surface area contributed by atoms with Crippen molar-refractivity contribution in [1.29, 1.82) is 0 Å². The Kier molecular flexibility index (Phi) is 4.60. The summed E-state index contributed by atoms with van der Waals surface area (Å²) in [5.41, 5.74) is 0.895. The molecule has 1 saturated heterocycles. The number of hydrogen-bond acceptors (Lipinski definition) is 6. The van der Waals surface area contributed by atoms with E-state index in [-0.39, 0.29) is 22.6 Å². The molecule has 1 N–H and O–H groups in total. The molecule has 11 heteroatoms. The number of carbonyl (C=O) groups is 2. The molecule has 0 radical (unpaired) electrons. The predicted molar refractivity (Wildman–Crippen MR) is 87.4 cm³/mol. The first-order valence-electron chi connectivity index (χ1n) is 7.06. The van der Waals surface area contributed by atoms with E-state index < -0.39 is 22.5 Å². The van der Waals surface area contributed by atoms with Crippen molar-refractivity contribution in [2.75, 3.05) is 0 Å². The van der Waals surface area contributed by atoms with Crippen molar-refractivity contribution >= 4 is 38.2 Å². The van der Waals surface area contributed by atoms with Crippen LogP contribution in [0.2, 0.25) is 0 Å². The highest BCUT2D eigenvalue weighted by Crippen LogP contribution is 2.32. The molecule has 132 valence electrons. The highest BCUT2D eigenvalue weighted by atomic mass is 79.9. The van der Waals surface area contributed by atoms with Crippen LogP contribution in [0.1, 0.15) is 18.9 Å². The van der Waals surface area contributed by atoms with Crippen molar-refractivity contribution in [2.24, 2.45) is 0 Å². The van der Waals surface area contributed by atoms with Gasteiger partial charge in [-0.05, 0) is 40.5 Å². The van der Waals surface area contributed by atoms with Crippen LogP contribution in [-0.4, -0.2) is 30.0 Å². The first kappa shape index (κ1) is 17.5. The zero-order valence-corrected chi connectivity index (χ0v) is 14.9. The largest absolute Gasteiger partial charge is 0.488 e. The topological polar surface area (TPSA) is 107 Å². The molecule has 0 bridgehead atoms. The third-order valence-corrected chi connectivity index (χ3v) is 4.59. The highest BCUT2D eigenvalue weighted by Gasteiger charge is 2.28. The average molecular weight is 432 g/mol. The number of piperidine rings is 1. The maximum absolute atomic E-state index is 12.7. The number of aromatic nitrogens is 2. The second-order valence-corrected chi connectivity index (χ2v) is 7.08. The standard InChI is InChI=1S/C14H11BrFN3O5S/c15-9-2-1-8(7-12(9)24-25(16,22)23)10-5-6-19(18-10)11-3-4-13(20)17-14(11)21/h1-2,5-7,11H,3-4H2,(H,17,20,21). The van der Waals surface area contributed by atoms with Crippen LogP contribution in [-0.2, 0) is 20.1 Å². The van der Waals surface area contributed by atoms with Gasteiger partial charge in [-0.1, -0.05) is 9.95 Å². The van der Waals surface area contributed by atoms with E-state index in [4.69, 9.17) is 0 Å². The Morgan fingerprint density at radius 1 is 1.32 bits per heavy atom. The number of benzene rings is 1. The van der Waals surface area contributed by atoms with Gasteiger partial charge in [0.1, 0.15) is 6.04 Å². The lowest BCUT2D eigenvalue weighted by atomic mass is 10.1. The van der Waals surface area contributed by atoms with Gasteiger partial charge in [0.15, 0.2) is 5.75 Å². The summed E-state index contributed by atoms with van der Waals surface area (Å²) in [5, 5.41) is 6.52. The van der Waals surface area contributed by atoms with Crippen molar-refractivity contribution in [3.8, 4) is 17.0 Å². The van der Waals surface area contributed by atoms with E-state index in [9.17, 15) is 21.9 Å². The summed E-state index contributed by atoms with van der Waals surface area (Å²) in [6, 6.07) is 5.42. The summed E-state index contributed by atoms with van der Waals surface area (Å²) in [6.45, 7) is 0. The van der Waals surface area contributed by atoms with Crippen LogP contribution >= 0.6 is 15.9 Å². The normalized spacial score (nSPS) is 18.1. The minimum Gasteiger partial charge on any atom is -0.357 e. The fraction of sp³-hybridized carbons (Fsp3) is 0.214. The molecule has 8 nitrogen and oxygen atoms in total. The molecule has 25 heavy (non-hydrogen) atoms. The Labute approximate surface area is 150 Å². The molecule has 0 saturated carbocycles. The van der Waals surface area contributed by atoms with Crippen LogP contribution < -0.4 is 9.50 Å². The van der Waals surface area contributed by atoms with E-state index in [0.29, 0.717) is 17.7 Å². The zero-order chi connectivity index (χ0) is 18.2. The number of amides is 2. The summed E-state index contributed by atoms with van der Waals surface area (Å²) in [5.74, 6) is -0.986. The molecule has 1 aromatic carbocycles. The fourth-order valence-corrected chi connectivity index (χ4v) is 3.22. The van der Waals surface area contributed by atoms with E-state index in [1.807, 2.05) is 0 Å². The number of carbonyl (C=O) groups excluding carboxylic acids is 2. The smallest absolute Gasteiger partial charge is 0.357 e. The van der Waals surface area contributed by atoms with Crippen molar-refractivity contribution in [1.82, 2.24) is 15.1 Å². The van der Waals surface area contributed by atoms with Gasteiger partial charge in [0.05, 0.1) is 10.2 Å². The summed E-state index contributed by atoms with van der Waals surface area (Å²) in [6.07, 6.45) is 2.13. The monoisotopic (exact) mass is 431 g/mol. The Morgan fingerprint density at radius 3 is 2.76 bits per heavy atom. The number of nitrogens with one attached hydrogen (secondary N) is 1. The van der Waals surface area contributed by atoms with E-state index in [0.717, 1.165) is 0 Å². The van der Waals surface area contributed by atoms with Gasteiger partial charge < -0.3 is 4.18 Å². The lowest BCUT2D eigenvalue weighted by Crippen LogP contribution is -2.41. The first-order valence-corrected chi connectivity index (χ1v) is 9.16. The SMILES string of the molecule is O=C1CCC(n2ccc(-c3ccc(Br)c(OS(=O)(=O)F)c3)n2)C(=O)N1. The molecule has 0 aliphatic carbocycles. The van der Waals surface area contributed by atoms with Crippen LogP contribution in [0.4, 0.5) is 3.89 Å². The van der Waals surface area contributed by atoms with Crippen molar-refractivity contribution in [3.63, 3.8) is 0 Å². The number of imide groups is 1. The second kappa shape index (κ2) is 6.56. The third kappa shape index (κ3) is 4.04. The lowest BCUT2D eigenvalue weighted by molar-refractivity contribution is -0.135. The van der Waals surface area contributed by atoms with Gasteiger partial charge in [-0.25, -0.2) is 0 Å². The van der Waals surface area contributed by atoms with Gasteiger partial charge in [-0.3, -0.25) is 19.6 Å². The molecule has 2 amide bonds. The Balaban J connectivity index is 1.89. The Hall–Kier alpha value is -2.27. The second-order valence-electron chi connectivity index (χ2n) is 5.27. The van der Waals surface area contributed by atoms with E-state index in [2.05, 4.69) is 30.5 Å². The first-order chi connectivity index (χ1) is 11.7. The third-order valence-electron chi connectivity index (χ3n) is 3.55. The quantitative estimate of drug-likeness (QED) is 0.584. The average Bonchev–Trinajstić information content (AvgIpc) is 2.97. The van der Waals surface area contributed by atoms with Crippen molar-refractivity contribution < 1.29 is 26.1 Å². The molecule has 3 rings (SSSR count). The van der Waals surface area contributed by atoms with Gasteiger partial charge in [0.25, 0.3) is 5.91 Å². The van der Waals surface area contributed by atoms with Gasteiger partial charge >= 0.3 is 10.5 Å². The minimum absolute atomic E-state index is 0.218. The summed E-state index contributed by atoms with van der Waals surface area (Å²) < 4.78 is 40.0. The maximum Gasteiger partial charge on any atom is 0.488 e. The van der Waals surface area contributed by atoms with Gasteiger partial charge in [-0.15, -0.1) is 0 Å². The fourth-order valence-electron chi connectivity index (χ4n) is 2.43. The molecule has 1 aliphatic heterocycles. The number of halogens is 2. The van der Waals surface area contributed by atoms with E-state index in [1.165, 1.54) is 16.8 Å². The highest BCUT2D eigenvalue weighted by molar-refractivity contribution is 9.10. The Morgan fingerprint density at radius 2 is 2.08 bits per heavy atom. The predicted octanol–water partition coefficient (Wildman–Crippen LogP) is 1.88. The summed E-state index contributed by atoms with van der Waals surface area (Å²) >= 11 is 3.07. The number of nitrogens with zero attached hydrogens (tertiary/aromatic N) is 2. The van der Waals surface area contributed by atoms with Crippen molar-refractivity contribution in [2.45, 2.75) is 18.9 Å². The minimum atomic E-state index is -5.16. The molecule has 0 spiro atoms. The molecule has 2 aromatic rings. The molecular weight excluding hydrogens is 421 g/mol. The van der Waals surface area contributed by atoms with Gasteiger partial charge in [0.2, 0.25) is 5.91 Å². The van der Waals surface area contributed by atoms with Gasteiger partial charge in [-0.2, -0.15) is 13.5 Å². The van der Waals surface area contributed by atoms with Crippen LogP contribution in [0.25, 0.3) is 11.3 Å². The van der Waals surface area contributed by atoms with Crippen LogP contribution in [0.15, 0.2) is 34.9 Å². The summed E-state index contributed by atoms with van der Waals surface area (Å²) in [7, 11) is -5.16. The number of rotatable bonds is 4. The molecule has 1 unspecified atom stereocenters. The van der Waals surface area contributed by atoms with Crippen LogP contribution in [0.3, 0.4) is 0 Å². The lowest BCUT2D eigenvalue weighted by Gasteiger charge is -2.20. The van der Waals surface area contributed by atoms with Gasteiger partial charge in [0, 0.05) is 18.2 Å². The Bertz CT molecular complexity index is 959. The molecule has 1 aromatic heterocycles. The molecule has 1 aliphatic rings. The van der Waals surface area contributed by atoms with E-state index in [1.54, 1.807) is 18.3 Å². The van der Waals surface area contributed by atoms with Crippen LogP contribution in [0.5, 0.6) is 5.75 Å². The van der Waals surface area contributed by atoms with Crippen molar-refractivity contribution in [3.05, 3.63) is 34.9 Å². The molecule has 1 atom stereocenters. The molecule has 1 fully saturated rings. The van der Waals surface area contributed by atoms with E-state index >= 15 is 0 Å². The number of hydrogen-bond donors (Lipinski definition) is 1. The zero-order valence-electron chi connectivity index (χ0n) is 12.5. The summed E-state index contributed by atoms with van der Waals surface area (Å²) in [4.78, 5) is 23.1. The maximum atomic E-state index is 12.7. The molecular formula is C14H11BrFN3O5S. The molecule has 2 heterocycles.